The summed E-state index contributed by atoms with van der Waals surface area (Å²) in [5, 5.41) is 2.70. The molecule has 1 aromatic rings. The van der Waals surface area contributed by atoms with Crippen molar-refractivity contribution >= 4 is 64.4 Å². The fraction of sp³-hybridized carbons (Fsp3) is 0.643. The Morgan fingerprint density at radius 2 is 1.76 bits per heavy atom. The molecule has 1 N–H and O–H groups in total. The zero-order valence-corrected chi connectivity index (χ0v) is 26.4. The molecule has 2 amide bonds. The zero-order valence-electron chi connectivity index (χ0n) is 24.2. The zero-order chi connectivity index (χ0) is 30.8. The third-order valence-electron chi connectivity index (χ3n) is 5.98. The maximum atomic E-state index is 13.6. The average molecular weight is 638 g/mol. The lowest BCUT2D eigenvalue weighted by Crippen LogP contribution is -2.39. The summed E-state index contributed by atoms with van der Waals surface area (Å²) >= 11 is 16.7. The van der Waals surface area contributed by atoms with Crippen molar-refractivity contribution in [3.05, 3.63) is 23.3 Å². The van der Waals surface area contributed by atoms with Crippen LogP contribution in [-0.4, -0.2) is 70.6 Å². The molecular formula is C28H39Cl3N2O8. The SMILES string of the molecule is CC(=O)OC[C@@H]1CCCN1C(=O)c1cc(C)c(OCCCCCC(=O)OCC(Cl)(Cl)Cl)cc1NC(=O)OC(C)(C)C. The van der Waals surface area contributed by atoms with Gasteiger partial charge < -0.3 is 23.8 Å². The predicted molar refractivity (Wildman–Crippen MR) is 157 cm³/mol. The van der Waals surface area contributed by atoms with E-state index in [2.05, 4.69) is 5.32 Å². The van der Waals surface area contributed by atoms with Gasteiger partial charge in [0, 0.05) is 26.0 Å². The Kier molecular flexibility index (Phi) is 13.3. The molecule has 1 saturated heterocycles. The minimum Gasteiger partial charge on any atom is -0.493 e. The van der Waals surface area contributed by atoms with Crippen LogP contribution in [0.1, 0.15) is 82.1 Å². The number of nitrogens with one attached hydrogen (secondary N) is 1. The number of amides is 2. The Balaban J connectivity index is 2.09. The lowest BCUT2D eigenvalue weighted by atomic mass is 10.1. The smallest absolute Gasteiger partial charge is 0.412 e. The van der Waals surface area contributed by atoms with Crippen molar-refractivity contribution in [1.82, 2.24) is 4.90 Å². The van der Waals surface area contributed by atoms with E-state index in [1.54, 1.807) is 37.8 Å². The third-order valence-corrected chi connectivity index (χ3v) is 6.31. The first-order chi connectivity index (χ1) is 19.1. The molecule has 0 aromatic heterocycles. The van der Waals surface area contributed by atoms with Crippen LogP contribution < -0.4 is 10.1 Å². The first kappa shape index (κ1) is 34.8. The number of anilines is 1. The molecule has 10 nitrogen and oxygen atoms in total. The monoisotopic (exact) mass is 636 g/mol. The molecule has 1 aromatic carbocycles. The van der Waals surface area contributed by atoms with E-state index in [1.165, 1.54) is 6.92 Å². The normalized spacial score (nSPS) is 15.3. The minimum absolute atomic E-state index is 0.112. The van der Waals surface area contributed by atoms with Crippen molar-refractivity contribution in [3.63, 3.8) is 0 Å². The van der Waals surface area contributed by atoms with E-state index >= 15 is 0 Å². The highest BCUT2D eigenvalue weighted by Crippen LogP contribution is 2.31. The van der Waals surface area contributed by atoms with E-state index in [0.29, 0.717) is 50.1 Å². The van der Waals surface area contributed by atoms with Gasteiger partial charge in [-0.25, -0.2) is 4.79 Å². The second-order valence-corrected chi connectivity index (χ2v) is 13.3. The van der Waals surface area contributed by atoms with Crippen molar-refractivity contribution in [2.45, 2.75) is 88.6 Å². The van der Waals surface area contributed by atoms with E-state index in [-0.39, 0.29) is 42.8 Å². The third kappa shape index (κ3) is 13.0. The lowest BCUT2D eigenvalue weighted by molar-refractivity contribution is -0.144. The maximum Gasteiger partial charge on any atom is 0.412 e. The molecule has 0 spiro atoms. The summed E-state index contributed by atoms with van der Waals surface area (Å²) in [6.45, 7) is 9.03. The second-order valence-electron chi connectivity index (χ2n) is 10.8. The molecule has 0 radical (unpaired) electrons. The predicted octanol–water partition coefficient (Wildman–Crippen LogP) is 6.36. The first-order valence-electron chi connectivity index (χ1n) is 13.5. The Morgan fingerprint density at radius 3 is 2.39 bits per heavy atom. The van der Waals surface area contributed by atoms with Crippen molar-refractivity contribution in [2.75, 3.05) is 31.7 Å². The Hall–Kier alpha value is -2.43. The summed E-state index contributed by atoms with van der Waals surface area (Å²) in [5.74, 6) is -0.650. The number of benzene rings is 1. The number of unbranched alkanes of at least 4 members (excludes halogenated alkanes) is 2. The molecule has 0 aliphatic carbocycles. The summed E-state index contributed by atoms with van der Waals surface area (Å²) in [6.07, 6.45) is 2.88. The number of hydrogen-bond acceptors (Lipinski definition) is 8. The van der Waals surface area contributed by atoms with E-state index in [0.717, 1.165) is 6.42 Å². The quantitative estimate of drug-likeness (QED) is 0.122. The molecule has 0 saturated carbocycles. The van der Waals surface area contributed by atoms with Crippen molar-refractivity contribution < 1.29 is 38.1 Å². The van der Waals surface area contributed by atoms with E-state index in [1.807, 2.05) is 6.92 Å². The first-order valence-corrected chi connectivity index (χ1v) is 14.6. The fourth-order valence-electron chi connectivity index (χ4n) is 4.15. The molecule has 230 valence electrons. The molecule has 1 fully saturated rings. The van der Waals surface area contributed by atoms with E-state index in [4.69, 9.17) is 53.8 Å². The van der Waals surface area contributed by atoms with Crippen LogP contribution >= 0.6 is 34.8 Å². The summed E-state index contributed by atoms with van der Waals surface area (Å²) in [7, 11) is 0. The molecular weight excluding hydrogens is 599 g/mol. The van der Waals surface area contributed by atoms with Crippen molar-refractivity contribution in [1.29, 1.82) is 0 Å². The van der Waals surface area contributed by atoms with Gasteiger partial charge in [0.05, 0.1) is 23.9 Å². The Labute approximate surface area is 256 Å². The molecule has 0 unspecified atom stereocenters. The topological polar surface area (TPSA) is 120 Å². The highest BCUT2D eigenvalue weighted by molar-refractivity contribution is 6.67. The van der Waals surface area contributed by atoms with Crippen LogP contribution in [0.5, 0.6) is 5.75 Å². The number of ether oxygens (including phenoxy) is 4. The van der Waals surface area contributed by atoms with Crippen LogP contribution in [-0.2, 0) is 23.8 Å². The number of carbonyl (C=O) groups excluding carboxylic acids is 4. The molecule has 0 bridgehead atoms. The highest BCUT2D eigenvalue weighted by atomic mass is 35.6. The summed E-state index contributed by atoms with van der Waals surface area (Å²) in [6, 6.07) is 3.03. The van der Waals surface area contributed by atoms with Crippen LogP contribution in [0.25, 0.3) is 0 Å². The lowest BCUT2D eigenvalue weighted by Gasteiger charge is -2.26. The molecule has 1 heterocycles. The van der Waals surface area contributed by atoms with Gasteiger partial charge in [-0.1, -0.05) is 34.8 Å². The number of alkyl halides is 3. The molecule has 13 heteroatoms. The fourth-order valence-corrected chi connectivity index (χ4v) is 4.31. The van der Waals surface area contributed by atoms with Gasteiger partial charge in [-0.05, 0) is 71.4 Å². The number of aryl methyl sites for hydroxylation is 1. The number of rotatable bonds is 12. The van der Waals surface area contributed by atoms with Crippen LogP contribution in [0.3, 0.4) is 0 Å². The summed E-state index contributed by atoms with van der Waals surface area (Å²) < 4.78 is 19.8. The van der Waals surface area contributed by atoms with Crippen molar-refractivity contribution in [3.8, 4) is 5.75 Å². The van der Waals surface area contributed by atoms with Crippen LogP contribution in [0.15, 0.2) is 12.1 Å². The van der Waals surface area contributed by atoms with Gasteiger partial charge in [0.25, 0.3) is 5.91 Å². The van der Waals surface area contributed by atoms with Gasteiger partial charge in [-0.15, -0.1) is 0 Å². The average Bonchev–Trinajstić information content (AvgIpc) is 3.31. The van der Waals surface area contributed by atoms with Crippen LogP contribution in [0.2, 0.25) is 0 Å². The molecule has 1 atom stereocenters. The van der Waals surface area contributed by atoms with Crippen LogP contribution in [0, 0.1) is 6.92 Å². The van der Waals surface area contributed by atoms with Gasteiger partial charge >= 0.3 is 18.0 Å². The largest absolute Gasteiger partial charge is 0.493 e. The Morgan fingerprint density at radius 1 is 1.05 bits per heavy atom. The standard InChI is InChI=1S/C28H39Cl3N2O8/c1-18-14-21(25(36)33-12-9-10-20(33)16-39-19(2)34)22(32-26(37)41-27(3,4)5)15-23(18)38-13-8-6-7-11-24(35)40-17-28(29,30)31/h14-15,20H,6-13,16-17H2,1-5H3,(H,32,37)/t20-/m0/s1. The number of hydrogen-bond donors (Lipinski definition) is 1. The molecule has 1 aliphatic rings. The summed E-state index contributed by atoms with van der Waals surface area (Å²) in [4.78, 5) is 51.0. The van der Waals surface area contributed by atoms with Crippen molar-refractivity contribution in [2.24, 2.45) is 0 Å². The van der Waals surface area contributed by atoms with E-state index < -0.39 is 27.4 Å². The number of halogens is 3. The number of carbonyl (C=O) groups is 4. The number of likely N-dealkylation sites (tertiary alicyclic amines) is 1. The minimum atomic E-state index is -1.64. The molecule has 41 heavy (non-hydrogen) atoms. The summed E-state index contributed by atoms with van der Waals surface area (Å²) in [5.41, 5.74) is 0.494. The van der Waals surface area contributed by atoms with E-state index in [9.17, 15) is 19.2 Å². The van der Waals surface area contributed by atoms with Gasteiger partial charge in [-0.2, -0.15) is 0 Å². The van der Waals surface area contributed by atoms with Gasteiger partial charge in [-0.3, -0.25) is 19.7 Å². The van der Waals surface area contributed by atoms with Gasteiger partial charge in [0.2, 0.25) is 3.79 Å². The highest BCUT2D eigenvalue weighted by Gasteiger charge is 2.32. The van der Waals surface area contributed by atoms with Crippen LogP contribution in [0.4, 0.5) is 10.5 Å². The number of nitrogens with zero attached hydrogens (tertiary/aromatic N) is 1. The maximum absolute atomic E-state index is 13.6. The molecule has 2 rings (SSSR count). The Bertz CT molecular complexity index is 1090. The van der Waals surface area contributed by atoms with Gasteiger partial charge in [0.15, 0.2) is 0 Å². The number of esters is 2. The second kappa shape index (κ2) is 15.7. The van der Waals surface area contributed by atoms with Gasteiger partial charge in [0.1, 0.15) is 24.6 Å². The molecule has 1 aliphatic heterocycles.